The fourth-order valence-electron chi connectivity index (χ4n) is 2.73. The van der Waals surface area contributed by atoms with E-state index in [9.17, 15) is 20.0 Å². The molecule has 2 rings (SSSR count). The Kier molecular flexibility index (Phi) is 4.80. The molecule has 1 aliphatic heterocycles. The lowest BCUT2D eigenvalue weighted by Gasteiger charge is -2.39. The standard InChI is InChI=1S/C14H17ClN2O4/c1-9-3-2-6-16(13(9)8-18)14(19)11-5-4-10(17(20)21)7-12(11)15/h4-5,7,9,13,18H,2-3,6,8H2,1H3. The number of hydrogen-bond acceptors (Lipinski definition) is 4. The van der Waals surface area contributed by atoms with Crippen molar-refractivity contribution >= 4 is 23.2 Å². The highest BCUT2D eigenvalue weighted by molar-refractivity contribution is 6.34. The number of nitro benzene ring substituents is 1. The van der Waals surface area contributed by atoms with E-state index in [4.69, 9.17) is 11.6 Å². The van der Waals surface area contributed by atoms with Gasteiger partial charge in [-0.15, -0.1) is 0 Å². The number of nitro groups is 1. The number of benzene rings is 1. The first-order valence-electron chi connectivity index (χ1n) is 6.81. The van der Waals surface area contributed by atoms with Gasteiger partial charge in [0.15, 0.2) is 0 Å². The Bertz CT molecular complexity index is 564. The molecule has 0 radical (unpaired) electrons. The van der Waals surface area contributed by atoms with Gasteiger partial charge in [-0.05, 0) is 24.8 Å². The van der Waals surface area contributed by atoms with Gasteiger partial charge in [0.05, 0.1) is 28.2 Å². The summed E-state index contributed by atoms with van der Waals surface area (Å²) in [7, 11) is 0. The van der Waals surface area contributed by atoms with Crippen LogP contribution in [0.2, 0.25) is 5.02 Å². The Morgan fingerprint density at radius 2 is 2.29 bits per heavy atom. The number of halogens is 1. The minimum atomic E-state index is -0.556. The SMILES string of the molecule is CC1CCCN(C(=O)c2ccc([N+](=O)[O-])cc2Cl)C1CO. The van der Waals surface area contributed by atoms with E-state index in [2.05, 4.69) is 0 Å². The Morgan fingerprint density at radius 3 is 2.86 bits per heavy atom. The summed E-state index contributed by atoms with van der Waals surface area (Å²) in [6, 6.07) is 3.57. The van der Waals surface area contributed by atoms with Crippen molar-refractivity contribution in [3.63, 3.8) is 0 Å². The Balaban J connectivity index is 2.28. The number of carbonyl (C=O) groups is 1. The van der Waals surface area contributed by atoms with Crippen LogP contribution in [0.15, 0.2) is 18.2 Å². The van der Waals surface area contributed by atoms with Gasteiger partial charge in [0.25, 0.3) is 11.6 Å². The molecule has 2 atom stereocenters. The third-order valence-electron chi connectivity index (χ3n) is 3.96. The van der Waals surface area contributed by atoms with Crippen LogP contribution in [0.25, 0.3) is 0 Å². The van der Waals surface area contributed by atoms with Crippen molar-refractivity contribution in [2.24, 2.45) is 5.92 Å². The summed E-state index contributed by atoms with van der Waals surface area (Å²) in [6.07, 6.45) is 1.83. The van der Waals surface area contributed by atoms with Gasteiger partial charge in [0.2, 0.25) is 0 Å². The second-order valence-corrected chi connectivity index (χ2v) is 5.70. The molecule has 1 heterocycles. The summed E-state index contributed by atoms with van der Waals surface area (Å²) in [6.45, 7) is 2.46. The summed E-state index contributed by atoms with van der Waals surface area (Å²) < 4.78 is 0. The van der Waals surface area contributed by atoms with Crippen LogP contribution in [-0.2, 0) is 0 Å². The average molecular weight is 313 g/mol. The van der Waals surface area contributed by atoms with E-state index >= 15 is 0 Å². The van der Waals surface area contributed by atoms with Crippen LogP contribution >= 0.6 is 11.6 Å². The van der Waals surface area contributed by atoms with Crippen molar-refractivity contribution in [1.29, 1.82) is 0 Å². The highest BCUT2D eigenvalue weighted by Gasteiger charge is 2.32. The van der Waals surface area contributed by atoms with Crippen LogP contribution in [0.5, 0.6) is 0 Å². The van der Waals surface area contributed by atoms with Gasteiger partial charge in [-0.1, -0.05) is 18.5 Å². The number of aliphatic hydroxyl groups is 1. The third kappa shape index (κ3) is 3.16. The monoisotopic (exact) mass is 312 g/mol. The molecule has 6 nitrogen and oxygen atoms in total. The van der Waals surface area contributed by atoms with Crippen LogP contribution in [0, 0.1) is 16.0 Å². The number of amides is 1. The van der Waals surface area contributed by atoms with Crippen LogP contribution in [0.1, 0.15) is 30.1 Å². The predicted octanol–water partition coefficient (Wildman–Crippen LogP) is 2.48. The molecular formula is C14H17ClN2O4. The third-order valence-corrected chi connectivity index (χ3v) is 4.27. The van der Waals surface area contributed by atoms with Crippen molar-refractivity contribution in [2.45, 2.75) is 25.8 Å². The zero-order valence-corrected chi connectivity index (χ0v) is 12.4. The summed E-state index contributed by atoms with van der Waals surface area (Å²) in [5.41, 5.74) is 0.0806. The number of hydrogen-bond donors (Lipinski definition) is 1. The summed E-state index contributed by atoms with van der Waals surface area (Å²) in [4.78, 5) is 24.3. The average Bonchev–Trinajstić information content (AvgIpc) is 2.46. The van der Waals surface area contributed by atoms with Gasteiger partial charge < -0.3 is 10.0 Å². The molecule has 0 spiro atoms. The van der Waals surface area contributed by atoms with Gasteiger partial charge in [-0.2, -0.15) is 0 Å². The van der Waals surface area contributed by atoms with E-state index in [1.165, 1.54) is 18.2 Å². The number of rotatable bonds is 3. The Hall–Kier alpha value is -1.66. The molecule has 1 fully saturated rings. The molecule has 7 heteroatoms. The minimum Gasteiger partial charge on any atom is -0.394 e. The van der Waals surface area contributed by atoms with Crippen molar-refractivity contribution in [3.8, 4) is 0 Å². The van der Waals surface area contributed by atoms with E-state index < -0.39 is 4.92 Å². The van der Waals surface area contributed by atoms with Crippen molar-refractivity contribution < 1.29 is 14.8 Å². The van der Waals surface area contributed by atoms with E-state index in [1.807, 2.05) is 6.92 Å². The summed E-state index contributed by atoms with van der Waals surface area (Å²) >= 11 is 6.00. The van der Waals surface area contributed by atoms with Gasteiger partial charge in [0.1, 0.15) is 0 Å². The zero-order chi connectivity index (χ0) is 15.6. The van der Waals surface area contributed by atoms with Crippen LogP contribution < -0.4 is 0 Å². The molecule has 0 bridgehead atoms. The number of aliphatic hydroxyl groups excluding tert-OH is 1. The minimum absolute atomic E-state index is 0.0594. The van der Waals surface area contributed by atoms with E-state index in [0.29, 0.717) is 6.54 Å². The molecule has 1 amide bonds. The van der Waals surface area contributed by atoms with Crippen LogP contribution in [0.4, 0.5) is 5.69 Å². The molecule has 1 saturated heterocycles. The lowest BCUT2D eigenvalue weighted by Crippen LogP contribution is -2.49. The maximum atomic E-state index is 12.6. The number of carbonyl (C=O) groups excluding carboxylic acids is 1. The molecular weight excluding hydrogens is 296 g/mol. The Labute approximate surface area is 127 Å². The fraction of sp³-hybridized carbons (Fsp3) is 0.500. The first-order valence-corrected chi connectivity index (χ1v) is 7.19. The van der Waals surface area contributed by atoms with Crippen LogP contribution in [-0.4, -0.2) is 40.0 Å². The van der Waals surface area contributed by atoms with Crippen molar-refractivity contribution in [2.75, 3.05) is 13.2 Å². The number of piperidine rings is 1. The van der Waals surface area contributed by atoms with Crippen molar-refractivity contribution in [1.82, 2.24) is 4.90 Å². The molecule has 1 aliphatic rings. The van der Waals surface area contributed by atoms with Gasteiger partial charge in [0, 0.05) is 18.7 Å². The Morgan fingerprint density at radius 1 is 1.57 bits per heavy atom. The summed E-state index contributed by atoms with van der Waals surface area (Å²) in [5.74, 6) is -0.0787. The van der Waals surface area contributed by atoms with Gasteiger partial charge in [-0.3, -0.25) is 14.9 Å². The number of non-ortho nitro benzene ring substituents is 1. The van der Waals surface area contributed by atoms with E-state index in [0.717, 1.165) is 12.8 Å². The number of nitrogens with zero attached hydrogens (tertiary/aromatic N) is 2. The lowest BCUT2D eigenvalue weighted by atomic mass is 9.90. The van der Waals surface area contributed by atoms with Crippen LogP contribution in [0.3, 0.4) is 0 Å². The fourth-order valence-corrected chi connectivity index (χ4v) is 2.98. The first-order chi connectivity index (χ1) is 9.95. The molecule has 0 aromatic heterocycles. The lowest BCUT2D eigenvalue weighted by molar-refractivity contribution is -0.384. The normalized spacial score (nSPS) is 22.1. The summed E-state index contributed by atoms with van der Waals surface area (Å²) in [5, 5.41) is 20.3. The largest absolute Gasteiger partial charge is 0.394 e. The maximum absolute atomic E-state index is 12.6. The predicted molar refractivity (Wildman–Crippen MR) is 78.4 cm³/mol. The zero-order valence-electron chi connectivity index (χ0n) is 11.7. The van der Waals surface area contributed by atoms with E-state index in [1.54, 1.807) is 4.90 Å². The van der Waals surface area contributed by atoms with Gasteiger partial charge >= 0.3 is 0 Å². The first kappa shape index (κ1) is 15.7. The second-order valence-electron chi connectivity index (χ2n) is 5.29. The quantitative estimate of drug-likeness (QED) is 0.686. The molecule has 2 unspecified atom stereocenters. The van der Waals surface area contributed by atoms with Crippen molar-refractivity contribution in [3.05, 3.63) is 38.9 Å². The molecule has 1 aromatic rings. The highest BCUT2D eigenvalue weighted by Crippen LogP contribution is 2.28. The molecule has 1 aromatic carbocycles. The topological polar surface area (TPSA) is 83.7 Å². The highest BCUT2D eigenvalue weighted by atomic mass is 35.5. The molecule has 0 saturated carbocycles. The maximum Gasteiger partial charge on any atom is 0.270 e. The molecule has 0 aliphatic carbocycles. The smallest absolute Gasteiger partial charge is 0.270 e. The molecule has 21 heavy (non-hydrogen) atoms. The molecule has 1 N–H and O–H groups in total. The number of likely N-dealkylation sites (tertiary alicyclic amines) is 1. The second kappa shape index (κ2) is 6.41. The van der Waals surface area contributed by atoms with E-state index in [-0.39, 0.29) is 40.7 Å². The molecule has 114 valence electrons. The van der Waals surface area contributed by atoms with Gasteiger partial charge in [-0.25, -0.2) is 0 Å².